The highest BCUT2D eigenvalue weighted by molar-refractivity contribution is 5.63. The number of ether oxygens (including phenoxy) is 1. The van der Waals surface area contributed by atoms with Crippen molar-refractivity contribution in [3.8, 4) is 6.07 Å². The molecule has 0 unspecified atom stereocenters. The van der Waals surface area contributed by atoms with Crippen LogP contribution in [0.3, 0.4) is 0 Å². The summed E-state index contributed by atoms with van der Waals surface area (Å²) in [5.41, 5.74) is 2.68. The zero-order chi connectivity index (χ0) is 19.6. The van der Waals surface area contributed by atoms with Gasteiger partial charge in [-0.25, -0.2) is 0 Å². The van der Waals surface area contributed by atoms with E-state index in [0.717, 1.165) is 24.2 Å². The third kappa shape index (κ3) is 11.5. The Morgan fingerprint density at radius 2 is 1.59 bits per heavy atom. The highest BCUT2D eigenvalue weighted by Crippen LogP contribution is 2.18. The topological polar surface area (TPSA) is 45.0 Å². The number of nitrogens with one attached hydrogen (secondary N) is 1. The summed E-state index contributed by atoms with van der Waals surface area (Å²) in [5, 5.41) is 12.8. The Hall–Kier alpha value is -1.79. The van der Waals surface area contributed by atoms with Crippen LogP contribution >= 0.6 is 0 Å². The summed E-state index contributed by atoms with van der Waals surface area (Å²) in [5.74, 6) is 0. The quantitative estimate of drug-likeness (QED) is 0.320. The molecular weight excluding hydrogens is 332 g/mol. The Morgan fingerprint density at radius 1 is 0.963 bits per heavy atom. The first-order valence-electron chi connectivity index (χ1n) is 10.7. The van der Waals surface area contributed by atoms with Gasteiger partial charge in [-0.1, -0.05) is 89.4 Å². The zero-order valence-corrected chi connectivity index (χ0v) is 17.4. The molecule has 0 bridgehead atoms. The van der Waals surface area contributed by atoms with Gasteiger partial charge in [0.25, 0.3) is 0 Å². The highest BCUT2D eigenvalue weighted by atomic mass is 16.5. The van der Waals surface area contributed by atoms with Gasteiger partial charge in [-0.05, 0) is 24.1 Å². The lowest BCUT2D eigenvalue weighted by Crippen LogP contribution is -2.03. The number of rotatable bonds is 16. The first kappa shape index (κ1) is 23.2. The van der Waals surface area contributed by atoms with Crippen molar-refractivity contribution < 1.29 is 4.74 Å². The van der Waals surface area contributed by atoms with Gasteiger partial charge in [0.15, 0.2) is 0 Å². The molecular formula is C24H38N2O. The van der Waals surface area contributed by atoms with E-state index in [1.807, 2.05) is 30.4 Å². The standard InChI is InChI=1S/C24H38N2O/c1-3-4-5-6-7-8-9-10-11-12-13-18-26-24-17-16-22(15-14-19-27-2)20-23(24)21-25/h14-17,20,26H,3-13,18-19H2,1-2H3. The van der Waals surface area contributed by atoms with Crippen LogP contribution in [0.1, 0.15) is 88.7 Å². The van der Waals surface area contributed by atoms with Gasteiger partial charge in [-0.15, -0.1) is 0 Å². The zero-order valence-electron chi connectivity index (χ0n) is 17.4. The van der Waals surface area contributed by atoms with Gasteiger partial charge in [0.2, 0.25) is 0 Å². The molecule has 1 N–H and O–H groups in total. The number of methoxy groups -OCH3 is 1. The molecule has 0 aromatic heterocycles. The summed E-state index contributed by atoms with van der Waals surface area (Å²) >= 11 is 0. The molecule has 0 saturated carbocycles. The molecule has 1 rings (SSSR count). The molecule has 0 radical (unpaired) electrons. The molecule has 0 saturated heterocycles. The second-order valence-corrected chi connectivity index (χ2v) is 7.24. The number of hydrogen-bond acceptors (Lipinski definition) is 3. The van der Waals surface area contributed by atoms with Crippen LogP contribution in [0.25, 0.3) is 6.08 Å². The van der Waals surface area contributed by atoms with Gasteiger partial charge in [0.1, 0.15) is 6.07 Å². The molecule has 1 aromatic rings. The van der Waals surface area contributed by atoms with Crippen LogP contribution in [0.5, 0.6) is 0 Å². The Kier molecular flexibility index (Phi) is 14.1. The molecule has 150 valence electrons. The van der Waals surface area contributed by atoms with Gasteiger partial charge in [-0.3, -0.25) is 0 Å². The number of benzene rings is 1. The Bertz CT molecular complexity index is 560. The molecule has 0 atom stereocenters. The fraction of sp³-hybridized carbons (Fsp3) is 0.625. The van der Waals surface area contributed by atoms with E-state index in [1.54, 1.807) is 7.11 Å². The van der Waals surface area contributed by atoms with Crippen molar-refractivity contribution >= 4 is 11.8 Å². The van der Waals surface area contributed by atoms with Gasteiger partial charge in [0.05, 0.1) is 17.9 Å². The minimum Gasteiger partial charge on any atom is -0.384 e. The van der Waals surface area contributed by atoms with E-state index in [0.29, 0.717) is 12.2 Å². The van der Waals surface area contributed by atoms with Crippen LogP contribution < -0.4 is 5.32 Å². The number of hydrogen-bond donors (Lipinski definition) is 1. The molecule has 0 heterocycles. The van der Waals surface area contributed by atoms with Crippen molar-refractivity contribution in [1.82, 2.24) is 0 Å². The Morgan fingerprint density at radius 3 is 2.19 bits per heavy atom. The van der Waals surface area contributed by atoms with E-state index >= 15 is 0 Å². The molecule has 0 aliphatic carbocycles. The van der Waals surface area contributed by atoms with Crippen molar-refractivity contribution in [2.75, 3.05) is 25.6 Å². The maximum absolute atomic E-state index is 9.37. The first-order valence-corrected chi connectivity index (χ1v) is 10.7. The predicted molar refractivity (Wildman–Crippen MR) is 117 cm³/mol. The van der Waals surface area contributed by atoms with Crippen LogP contribution in [-0.2, 0) is 4.74 Å². The van der Waals surface area contributed by atoms with Gasteiger partial charge < -0.3 is 10.1 Å². The van der Waals surface area contributed by atoms with Crippen LogP contribution in [0, 0.1) is 11.3 Å². The summed E-state index contributed by atoms with van der Waals surface area (Å²) in [6, 6.07) is 8.26. The molecule has 0 aliphatic rings. The van der Waals surface area contributed by atoms with Gasteiger partial charge >= 0.3 is 0 Å². The second-order valence-electron chi connectivity index (χ2n) is 7.24. The maximum atomic E-state index is 9.37. The largest absolute Gasteiger partial charge is 0.384 e. The minimum absolute atomic E-state index is 0.584. The van der Waals surface area contributed by atoms with E-state index in [4.69, 9.17) is 4.74 Å². The molecule has 0 amide bonds. The fourth-order valence-corrected chi connectivity index (χ4v) is 3.20. The summed E-state index contributed by atoms with van der Waals surface area (Å²) in [6.07, 6.45) is 18.8. The summed E-state index contributed by atoms with van der Waals surface area (Å²) in [4.78, 5) is 0. The second kappa shape index (κ2) is 16.4. The third-order valence-electron chi connectivity index (χ3n) is 4.83. The Labute approximate surface area is 166 Å². The van der Waals surface area contributed by atoms with E-state index < -0.39 is 0 Å². The van der Waals surface area contributed by atoms with E-state index in [2.05, 4.69) is 18.3 Å². The summed E-state index contributed by atoms with van der Waals surface area (Å²) in [6.45, 7) is 3.79. The lowest BCUT2D eigenvalue weighted by Gasteiger charge is -2.09. The molecule has 1 aromatic carbocycles. The number of anilines is 1. The summed E-state index contributed by atoms with van der Waals surface area (Å²) in [7, 11) is 1.67. The van der Waals surface area contributed by atoms with Crippen LogP contribution in [-0.4, -0.2) is 20.3 Å². The minimum atomic E-state index is 0.584. The van der Waals surface area contributed by atoms with Crippen molar-refractivity contribution in [2.45, 2.75) is 77.6 Å². The van der Waals surface area contributed by atoms with Crippen LogP contribution in [0.4, 0.5) is 5.69 Å². The molecule has 0 fully saturated rings. The van der Waals surface area contributed by atoms with Crippen molar-refractivity contribution in [3.63, 3.8) is 0 Å². The van der Waals surface area contributed by atoms with E-state index in [-0.39, 0.29) is 0 Å². The van der Waals surface area contributed by atoms with Gasteiger partial charge in [-0.2, -0.15) is 5.26 Å². The third-order valence-corrected chi connectivity index (χ3v) is 4.83. The first-order chi connectivity index (χ1) is 13.3. The van der Waals surface area contributed by atoms with Crippen molar-refractivity contribution in [1.29, 1.82) is 5.26 Å². The van der Waals surface area contributed by atoms with Crippen LogP contribution in [0.15, 0.2) is 24.3 Å². The molecule has 27 heavy (non-hydrogen) atoms. The monoisotopic (exact) mass is 370 g/mol. The average Bonchev–Trinajstić information content (AvgIpc) is 2.69. The van der Waals surface area contributed by atoms with Crippen molar-refractivity contribution in [3.05, 3.63) is 35.4 Å². The molecule has 0 spiro atoms. The van der Waals surface area contributed by atoms with Crippen molar-refractivity contribution in [2.24, 2.45) is 0 Å². The number of nitrogens with zero attached hydrogens (tertiary/aromatic N) is 1. The van der Waals surface area contributed by atoms with E-state index in [9.17, 15) is 5.26 Å². The Balaban J connectivity index is 2.13. The van der Waals surface area contributed by atoms with Crippen LogP contribution in [0.2, 0.25) is 0 Å². The summed E-state index contributed by atoms with van der Waals surface area (Å²) < 4.78 is 5.01. The predicted octanol–water partition coefficient (Wildman–Crippen LogP) is 6.94. The highest BCUT2D eigenvalue weighted by Gasteiger charge is 2.02. The SMILES string of the molecule is CCCCCCCCCCCCCNc1ccc(C=CCOC)cc1C#N. The fourth-order valence-electron chi connectivity index (χ4n) is 3.20. The smallest absolute Gasteiger partial charge is 0.101 e. The average molecular weight is 371 g/mol. The van der Waals surface area contributed by atoms with E-state index in [1.165, 1.54) is 64.2 Å². The maximum Gasteiger partial charge on any atom is 0.101 e. The lowest BCUT2D eigenvalue weighted by molar-refractivity contribution is 0.234. The van der Waals surface area contributed by atoms with Gasteiger partial charge in [0, 0.05) is 13.7 Å². The molecule has 3 nitrogen and oxygen atoms in total. The molecule has 0 aliphatic heterocycles. The number of nitriles is 1. The lowest BCUT2D eigenvalue weighted by atomic mass is 10.1. The number of unbranched alkanes of at least 4 members (excludes halogenated alkanes) is 10. The normalized spacial score (nSPS) is 11.0. The molecule has 3 heteroatoms.